The number of piperazine rings is 1. The molecule has 3 unspecified atom stereocenters. The molecule has 1 N–H and O–H groups in total. The molecule has 0 aliphatic carbocycles. The Morgan fingerprint density at radius 2 is 1.95 bits per heavy atom. The Labute approximate surface area is 124 Å². The fraction of sp³-hybridized carbons (Fsp3) is 0.667. The molecule has 1 heterocycles. The van der Waals surface area contributed by atoms with Gasteiger partial charge in [0.15, 0.2) is 0 Å². The van der Waals surface area contributed by atoms with Crippen molar-refractivity contribution >= 4 is 5.69 Å². The van der Waals surface area contributed by atoms with E-state index in [2.05, 4.69) is 69.1 Å². The largest absolute Gasteiger partial charge is 0.366 e. The number of nitrogens with zero attached hydrogens (tertiary/aromatic N) is 1. The van der Waals surface area contributed by atoms with Crippen LogP contribution in [0.2, 0.25) is 0 Å². The predicted molar refractivity (Wildman–Crippen MR) is 88.6 cm³/mol. The molecule has 1 aromatic carbocycles. The molecule has 2 heteroatoms. The third-order valence-electron chi connectivity index (χ3n) is 4.80. The Hall–Kier alpha value is -1.02. The second-order valence-corrected chi connectivity index (χ2v) is 6.62. The molecule has 0 bridgehead atoms. The third-order valence-corrected chi connectivity index (χ3v) is 4.80. The fourth-order valence-electron chi connectivity index (χ4n) is 3.13. The minimum absolute atomic E-state index is 0.565. The molecule has 2 rings (SSSR count). The van der Waals surface area contributed by atoms with Crippen molar-refractivity contribution in [1.29, 1.82) is 0 Å². The van der Waals surface area contributed by atoms with Crippen molar-refractivity contribution in [2.45, 2.75) is 59.0 Å². The zero-order valence-electron chi connectivity index (χ0n) is 13.7. The first-order valence-electron chi connectivity index (χ1n) is 8.13. The number of benzene rings is 1. The summed E-state index contributed by atoms with van der Waals surface area (Å²) in [6, 6.07) is 10.1. The first kappa shape index (κ1) is 15.4. The van der Waals surface area contributed by atoms with Gasteiger partial charge in [-0.1, -0.05) is 52.3 Å². The van der Waals surface area contributed by atoms with Crippen LogP contribution >= 0.6 is 0 Å². The van der Waals surface area contributed by atoms with E-state index in [-0.39, 0.29) is 0 Å². The summed E-state index contributed by atoms with van der Waals surface area (Å²) in [4.78, 5) is 2.61. The molecule has 112 valence electrons. The summed E-state index contributed by atoms with van der Waals surface area (Å²) in [5, 5.41) is 3.73. The van der Waals surface area contributed by atoms with Gasteiger partial charge in [0, 0.05) is 30.9 Å². The van der Waals surface area contributed by atoms with Crippen molar-refractivity contribution in [2.75, 3.05) is 18.0 Å². The summed E-state index contributed by atoms with van der Waals surface area (Å²) in [6.45, 7) is 13.8. The summed E-state index contributed by atoms with van der Waals surface area (Å²) in [5.74, 6) is 1.31. The Bertz CT molecular complexity index is 427. The van der Waals surface area contributed by atoms with Crippen molar-refractivity contribution < 1.29 is 0 Å². The maximum absolute atomic E-state index is 3.73. The number of para-hydroxylation sites is 1. The number of rotatable bonds is 4. The summed E-state index contributed by atoms with van der Waals surface area (Å²) in [6.07, 6.45) is 1.24. The molecule has 1 fully saturated rings. The van der Waals surface area contributed by atoms with Crippen LogP contribution in [0.4, 0.5) is 5.69 Å². The first-order valence-corrected chi connectivity index (χ1v) is 8.13. The minimum atomic E-state index is 0.565. The van der Waals surface area contributed by atoms with Crippen molar-refractivity contribution in [1.82, 2.24) is 5.32 Å². The summed E-state index contributed by atoms with van der Waals surface area (Å²) in [5.41, 5.74) is 2.91. The molecule has 3 atom stereocenters. The number of hydrogen-bond donors (Lipinski definition) is 1. The highest BCUT2D eigenvalue weighted by Crippen LogP contribution is 2.30. The Balaban J connectivity index is 2.25. The maximum Gasteiger partial charge on any atom is 0.0404 e. The number of hydrogen-bond acceptors (Lipinski definition) is 2. The molecule has 0 saturated carbocycles. The minimum Gasteiger partial charge on any atom is -0.366 e. The standard InChI is InChI=1S/C18H30N2/c1-6-14(4)17-12-20(15(5)11-19-17)18-10-8-7-9-16(18)13(2)3/h7-10,13-15,17,19H,6,11-12H2,1-5H3. The van der Waals surface area contributed by atoms with Gasteiger partial charge in [0.2, 0.25) is 0 Å². The van der Waals surface area contributed by atoms with Crippen LogP contribution in [0.25, 0.3) is 0 Å². The zero-order chi connectivity index (χ0) is 14.7. The Morgan fingerprint density at radius 3 is 2.60 bits per heavy atom. The smallest absolute Gasteiger partial charge is 0.0404 e. The van der Waals surface area contributed by atoms with Crippen molar-refractivity contribution in [3.05, 3.63) is 29.8 Å². The van der Waals surface area contributed by atoms with E-state index in [1.165, 1.54) is 17.7 Å². The maximum atomic E-state index is 3.73. The van der Waals surface area contributed by atoms with Crippen LogP contribution in [0.1, 0.15) is 52.5 Å². The normalized spacial score (nSPS) is 25.0. The van der Waals surface area contributed by atoms with Crippen molar-refractivity contribution in [3.8, 4) is 0 Å². The van der Waals surface area contributed by atoms with Gasteiger partial charge in [-0.2, -0.15) is 0 Å². The molecule has 2 nitrogen and oxygen atoms in total. The van der Waals surface area contributed by atoms with Gasteiger partial charge in [0.25, 0.3) is 0 Å². The first-order chi connectivity index (χ1) is 9.54. The van der Waals surface area contributed by atoms with Crippen LogP contribution in [-0.4, -0.2) is 25.2 Å². The summed E-state index contributed by atoms with van der Waals surface area (Å²) >= 11 is 0. The van der Waals surface area contributed by atoms with Crippen LogP contribution in [0.3, 0.4) is 0 Å². The molecule has 1 aliphatic rings. The highest BCUT2D eigenvalue weighted by Gasteiger charge is 2.29. The molecule has 1 saturated heterocycles. The van der Waals surface area contributed by atoms with Gasteiger partial charge >= 0.3 is 0 Å². The molecular formula is C18H30N2. The van der Waals surface area contributed by atoms with Crippen LogP contribution in [0.15, 0.2) is 24.3 Å². The SMILES string of the molecule is CCC(C)C1CN(c2ccccc2C(C)C)C(C)CN1. The lowest BCUT2D eigenvalue weighted by molar-refractivity contribution is 0.315. The van der Waals surface area contributed by atoms with Crippen molar-refractivity contribution in [2.24, 2.45) is 5.92 Å². The van der Waals surface area contributed by atoms with E-state index in [0.29, 0.717) is 18.0 Å². The van der Waals surface area contributed by atoms with E-state index in [9.17, 15) is 0 Å². The average molecular weight is 274 g/mol. The molecule has 1 aromatic rings. The van der Waals surface area contributed by atoms with E-state index in [0.717, 1.165) is 19.0 Å². The van der Waals surface area contributed by atoms with Gasteiger partial charge < -0.3 is 10.2 Å². The van der Waals surface area contributed by atoms with Gasteiger partial charge in [-0.15, -0.1) is 0 Å². The predicted octanol–water partition coefficient (Wildman–Crippen LogP) is 4.02. The zero-order valence-corrected chi connectivity index (χ0v) is 13.7. The van der Waals surface area contributed by atoms with Gasteiger partial charge in [0.05, 0.1) is 0 Å². The fourth-order valence-corrected chi connectivity index (χ4v) is 3.13. The van der Waals surface area contributed by atoms with Crippen LogP contribution in [0, 0.1) is 5.92 Å². The monoisotopic (exact) mass is 274 g/mol. The van der Waals surface area contributed by atoms with E-state index >= 15 is 0 Å². The van der Waals surface area contributed by atoms with Crippen LogP contribution in [-0.2, 0) is 0 Å². The molecule has 1 aliphatic heterocycles. The molecule has 20 heavy (non-hydrogen) atoms. The molecule has 0 spiro atoms. The van der Waals surface area contributed by atoms with E-state index in [1.807, 2.05) is 0 Å². The van der Waals surface area contributed by atoms with Crippen LogP contribution in [0.5, 0.6) is 0 Å². The van der Waals surface area contributed by atoms with Gasteiger partial charge in [0.1, 0.15) is 0 Å². The van der Waals surface area contributed by atoms with Gasteiger partial charge in [-0.25, -0.2) is 0 Å². The lowest BCUT2D eigenvalue weighted by Crippen LogP contribution is -2.57. The molecule has 0 radical (unpaired) electrons. The van der Waals surface area contributed by atoms with Gasteiger partial charge in [-0.05, 0) is 30.4 Å². The molecule has 0 amide bonds. The Kier molecular flexibility index (Phi) is 5.09. The molecular weight excluding hydrogens is 244 g/mol. The average Bonchev–Trinajstić information content (AvgIpc) is 2.47. The summed E-state index contributed by atoms with van der Waals surface area (Å²) < 4.78 is 0. The third kappa shape index (κ3) is 3.17. The highest BCUT2D eigenvalue weighted by atomic mass is 15.2. The van der Waals surface area contributed by atoms with Crippen molar-refractivity contribution in [3.63, 3.8) is 0 Å². The van der Waals surface area contributed by atoms with Crippen LogP contribution < -0.4 is 10.2 Å². The lowest BCUT2D eigenvalue weighted by atomic mass is 9.93. The van der Waals surface area contributed by atoms with E-state index < -0.39 is 0 Å². The summed E-state index contributed by atoms with van der Waals surface area (Å²) in [7, 11) is 0. The highest BCUT2D eigenvalue weighted by molar-refractivity contribution is 5.56. The quantitative estimate of drug-likeness (QED) is 0.892. The molecule has 0 aromatic heterocycles. The topological polar surface area (TPSA) is 15.3 Å². The number of nitrogens with one attached hydrogen (secondary N) is 1. The Morgan fingerprint density at radius 1 is 1.25 bits per heavy atom. The van der Waals surface area contributed by atoms with Gasteiger partial charge in [-0.3, -0.25) is 0 Å². The second kappa shape index (κ2) is 6.62. The number of anilines is 1. The lowest BCUT2D eigenvalue weighted by Gasteiger charge is -2.43. The second-order valence-electron chi connectivity index (χ2n) is 6.62. The van der Waals surface area contributed by atoms with E-state index in [4.69, 9.17) is 0 Å². The van der Waals surface area contributed by atoms with E-state index in [1.54, 1.807) is 0 Å².